The summed E-state index contributed by atoms with van der Waals surface area (Å²) in [5.41, 5.74) is 0.268. The van der Waals surface area contributed by atoms with E-state index in [4.69, 9.17) is 0 Å². The van der Waals surface area contributed by atoms with Crippen molar-refractivity contribution in [1.82, 2.24) is 10.2 Å². The van der Waals surface area contributed by atoms with Gasteiger partial charge in [0.1, 0.15) is 5.41 Å². The second kappa shape index (κ2) is 5.72. The number of hydrogen-bond donors (Lipinski definition) is 2. The quantitative estimate of drug-likeness (QED) is 0.808. The topological polar surface area (TPSA) is 52.6 Å². The van der Waals surface area contributed by atoms with Crippen LogP contribution in [0.2, 0.25) is 0 Å². The smallest absolute Gasteiger partial charge is 0.317 e. The highest BCUT2D eigenvalue weighted by atomic mass is 16.4. The van der Waals surface area contributed by atoms with E-state index in [1.54, 1.807) is 19.1 Å². The summed E-state index contributed by atoms with van der Waals surface area (Å²) >= 11 is 0. The number of nitrogens with one attached hydrogen (secondary N) is 1. The van der Waals surface area contributed by atoms with Gasteiger partial charge in [0.25, 0.3) is 0 Å². The third-order valence-corrected chi connectivity index (χ3v) is 3.72. The molecular formula is C15H22N2O2. The summed E-state index contributed by atoms with van der Waals surface area (Å²) in [7, 11) is 0. The molecule has 2 N–H and O–H groups in total. The third kappa shape index (κ3) is 3.55. The Morgan fingerprint density at radius 3 is 3.05 bits per heavy atom. The lowest BCUT2D eigenvalue weighted by atomic mass is 9.90. The number of carbonyl (C=O) groups is 1. The Morgan fingerprint density at radius 2 is 2.37 bits per heavy atom. The Morgan fingerprint density at radius 1 is 1.58 bits per heavy atom. The highest BCUT2D eigenvalue weighted by molar-refractivity contribution is 5.79. The first-order chi connectivity index (χ1) is 8.99. The lowest BCUT2D eigenvalue weighted by Crippen LogP contribution is -2.49. The number of rotatable bonds is 3. The highest BCUT2D eigenvalue weighted by Gasteiger charge is 2.27. The molecule has 4 heteroatoms. The zero-order valence-corrected chi connectivity index (χ0v) is 11.6. The normalized spacial score (nSPS) is 31.9. The molecule has 0 aromatic carbocycles. The van der Waals surface area contributed by atoms with E-state index in [2.05, 4.69) is 17.1 Å². The lowest BCUT2D eigenvalue weighted by molar-refractivity contribution is -0.142. The van der Waals surface area contributed by atoms with Crippen LogP contribution in [0.3, 0.4) is 0 Å². The molecule has 1 aliphatic carbocycles. The molecule has 0 saturated carbocycles. The van der Waals surface area contributed by atoms with E-state index in [9.17, 15) is 9.90 Å². The first kappa shape index (κ1) is 14.0. The van der Waals surface area contributed by atoms with E-state index in [0.717, 1.165) is 31.8 Å². The van der Waals surface area contributed by atoms with Crippen LogP contribution in [0.4, 0.5) is 0 Å². The van der Waals surface area contributed by atoms with Crippen LogP contribution in [0.1, 0.15) is 13.8 Å². The number of hydrogen-bond acceptors (Lipinski definition) is 3. The van der Waals surface area contributed by atoms with Crippen LogP contribution in [-0.2, 0) is 4.79 Å². The van der Waals surface area contributed by atoms with Gasteiger partial charge in [-0.3, -0.25) is 9.69 Å². The van der Waals surface area contributed by atoms with Gasteiger partial charge in [-0.25, -0.2) is 0 Å². The standard InChI is InChI=1S/C15H22N2O2/c1-12-10-17(9-8-16-12)11-13-4-3-6-15(2,7-5-13)14(18)19/h3-7,12,16H,8-11H2,1-2H3,(H,18,19)/t12-,15?/m0/s1. The third-order valence-electron chi connectivity index (χ3n) is 3.72. The minimum absolute atomic E-state index is 0.518. The lowest BCUT2D eigenvalue weighted by Gasteiger charge is -2.32. The largest absolute Gasteiger partial charge is 0.480 e. The van der Waals surface area contributed by atoms with E-state index in [1.807, 2.05) is 18.2 Å². The van der Waals surface area contributed by atoms with Crippen molar-refractivity contribution < 1.29 is 9.90 Å². The molecule has 1 aliphatic heterocycles. The van der Waals surface area contributed by atoms with Gasteiger partial charge in [0.15, 0.2) is 0 Å². The average Bonchev–Trinajstić information content (AvgIpc) is 2.53. The Hall–Kier alpha value is -1.39. The van der Waals surface area contributed by atoms with Gasteiger partial charge in [0.2, 0.25) is 0 Å². The van der Waals surface area contributed by atoms with Gasteiger partial charge in [-0.1, -0.05) is 30.4 Å². The molecule has 0 aromatic rings. The van der Waals surface area contributed by atoms with Crippen molar-refractivity contribution in [2.24, 2.45) is 5.41 Å². The molecule has 0 amide bonds. The number of piperazine rings is 1. The van der Waals surface area contributed by atoms with Crippen molar-refractivity contribution in [3.05, 3.63) is 36.0 Å². The number of carboxylic acid groups (broad SMARTS) is 1. The first-order valence-electron chi connectivity index (χ1n) is 6.76. The summed E-state index contributed by atoms with van der Waals surface area (Å²) in [6.45, 7) is 7.86. The number of allylic oxidation sites excluding steroid dienone is 2. The monoisotopic (exact) mass is 262 g/mol. The average molecular weight is 262 g/mol. The van der Waals surface area contributed by atoms with Crippen LogP contribution in [0, 0.1) is 5.41 Å². The molecule has 1 saturated heterocycles. The SMILES string of the molecule is C[C@H]1CN(CC2=CC=CC(C)(C(=O)O)C=C2)CCN1. The van der Waals surface area contributed by atoms with E-state index in [0.29, 0.717) is 6.04 Å². The van der Waals surface area contributed by atoms with Crippen molar-refractivity contribution >= 4 is 5.97 Å². The molecule has 2 rings (SSSR count). The maximum atomic E-state index is 11.2. The molecule has 1 unspecified atom stereocenters. The van der Waals surface area contributed by atoms with E-state index in [1.165, 1.54) is 0 Å². The second-order valence-corrected chi connectivity index (χ2v) is 5.61. The van der Waals surface area contributed by atoms with Crippen molar-refractivity contribution in [2.45, 2.75) is 19.9 Å². The van der Waals surface area contributed by atoms with E-state index in [-0.39, 0.29) is 0 Å². The molecule has 0 spiro atoms. The van der Waals surface area contributed by atoms with E-state index < -0.39 is 11.4 Å². The molecule has 104 valence electrons. The Balaban J connectivity index is 2.01. The summed E-state index contributed by atoms with van der Waals surface area (Å²) in [6.07, 6.45) is 9.32. The first-order valence-corrected chi connectivity index (χ1v) is 6.76. The molecule has 0 radical (unpaired) electrons. The molecule has 1 heterocycles. The van der Waals surface area contributed by atoms with E-state index >= 15 is 0 Å². The number of aliphatic carboxylic acids is 1. The van der Waals surface area contributed by atoms with Crippen molar-refractivity contribution in [2.75, 3.05) is 26.2 Å². The zero-order valence-electron chi connectivity index (χ0n) is 11.6. The Kier molecular flexibility index (Phi) is 4.22. The fourth-order valence-corrected chi connectivity index (χ4v) is 2.42. The van der Waals surface area contributed by atoms with Crippen LogP contribution in [0.25, 0.3) is 0 Å². The van der Waals surface area contributed by atoms with Crippen LogP contribution in [0.5, 0.6) is 0 Å². The summed E-state index contributed by atoms with van der Waals surface area (Å²) < 4.78 is 0. The molecule has 2 atom stereocenters. The van der Waals surface area contributed by atoms with Gasteiger partial charge < -0.3 is 10.4 Å². The minimum atomic E-state index is -0.894. The molecule has 2 aliphatic rings. The minimum Gasteiger partial charge on any atom is -0.480 e. The highest BCUT2D eigenvalue weighted by Crippen LogP contribution is 2.24. The molecule has 0 bridgehead atoms. The fourth-order valence-electron chi connectivity index (χ4n) is 2.42. The van der Waals surface area contributed by atoms with Crippen LogP contribution >= 0.6 is 0 Å². The van der Waals surface area contributed by atoms with Gasteiger partial charge in [0, 0.05) is 32.2 Å². The fraction of sp³-hybridized carbons (Fsp3) is 0.533. The van der Waals surface area contributed by atoms with Crippen molar-refractivity contribution in [1.29, 1.82) is 0 Å². The maximum absolute atomic E-state index is 11.2. The number of carboxylic acids is 1. The molecule has 19 heavy (non-hydrogen) atoms. The zero-order chi connectivity index (χ0) is 13.9. The molecule has 0 aromatic heterocycles. The van der Waals surface area contributed by atoms with Crippen molar-refractivity contribution in [3.8, 4) is 0 Å². The number of nitrogens with zero attached hydrogens (tertiary/aromatic N) is 1. The van der Waals surface area contributed by atoms with Crippen LogP contribution in [0.15, 0.2) is 36.0 Å². The van der Waals surface area contributed by atoms with Gasteiger partial charge in [0.05, 0.1) is 0 Å². The van der Waals surface area contributed by atoms with Crippen molar-refractivity contribution in [3.63, 3.8) is 0 Å². The summed E-state index contributed by atoms with van der Waals surface area (Å²) in [6, 6.07) is 0.518. The molecule has 4 nitrogen and oxygen atoms in total. The van der Waals surface area contributed by atoms with Gasteiger partial charge >= 0.3 is 5.97 Å². The van der Waals surface area contributed by atoms with Gasteiger partial charge in [-0.05, 0) is 19.4 Å². The second-order valence-electron chi connectivity index (χ2n) is 5.61. The summed E-state index contributed by atoms with van der Waals surface area (Å²) in [5.74, 6) is -0.814. The Bertz CT molecular complexity index is 439. The van der Waals surface area contributed by atoms with Gasteiger partial charge in [-0.2, -0.15) is 0 Å². The summed E-state index contributed by atoms with van der Waals surface area (Å²) in [4.78, 5) is 13.6. The van der Waals surface area contributed by atoms with Crippen LogP contribution < -0.4 is 5.32 Å². The predicted molar refractivity (Wildman–Crippen MR) is 76.0 cm³/mol. The Labute approximate surface area is 114 Å². The van der Waals surface area contributed by atoms with Crippen LogP contribution in [-0.4, -0.2) is 48.2 Å². The molecule has 1 fully saturated rings. The predicted octanol–water partition coefficient (Wildman–Crippen LogP) is 1.42. The summed E-state index contributed by atoms with van der Waals surface area (Å²) in [5, 5.41) is 12.6. The van der Waals surface area contributed by atoms with Gasteiger partial charge in [-0.15, -0.1) is 0 Å². The molecular weight excluding hydrogens is 240 g/mol. The maximum Gasteiger partial charge on any atom is 0.317 e.